The van der Waals surface area contributed by atoms with E-state index in [2.05, 4.69) is 10.6 Å². The SMILES string of the molecule is CNCC(C)C(=O)NC(c1ccc(F)cc1)c1cccs1. The lowest BCUT2D eigenvalue weighted by molar-refractivity contribution is -0.124. The summed E-state index contributed by atoms with van der Waals surface area (Å²) in [4.78, 5) is 13.3. The van der Waals surface area contributed by atoms with Crippen molar-refractivity contribution < 1.29 is 9.18 Å². The van der Waals surface area contributed by atoms with E-state index in [1.807, 2.05) is 31.5 Å². The van der Waals surface area contributed by atoms with Gasteiger partial charge in [-0.2, -0.15) is 0 Å². The van der Waals surface area contributed by atoms with Crippen molar-refractivity contribution in [2.75, 3.05) is 13.6 Å². The van der Waals surface area contributed by atoms with E-state index in [-0.39, 0.29) is 23.7 Å². The summed E-state index contributed by atoms with van der Waals surface area (Å²) < 4.78 is 13.1. The monoisotopic (exact) mass is 306 g/mol. The summed E-state index contributed by atoms with van der Waals surface area (Å²) in [5.74, 6) is -0.427. The highest BCUT2D eigenvalue weighted by molar-refractivity contribution is 7.10. The summed E-state index contributed by atoms with van der Waals surface area (Å²) in [6, 6.07) is 9.93. The molecule has 1 aromatic carbocycles. The van der Waals surface area contributed by atoms with Crippen LogP contribution in [0, 0.1) is 11.7 Å². The molecule has 0 aliphatic heterocycles. The summed E-state index contributed by atoms with van der Waals surface area (Å²) in [7, 11) is 1.82. The van der Waals surface area contributed by atoms with E-state index in [1.54, 1.807) is 23.5 Å². The van der Waals surface area contributed by atoms with Gasteiger partial charge in [0.2, 0.25) is 5.91 Å². The number of carbonyl (C=O) groups is 1. The lowest BCUT2D eigenvalue weighted by atomic mass is 10.0. The number of benzene rings is 1. The van der Waals surface area contributed by atoms with Gasteiger partial charge >= 0.3 is 0 Å². The van der Waals surface area contributed by atoms with E-state index >= 15 is 0 Å². The fraction of sp³-hybridized carbons (Fsp3) is 0.312. The first-order valence-electron chi connectivity index (χ1n) is 6.85. The topological polar surface area (TPSA) is 41.1 Å². The number of nitrogens with one attached hydrogen (secondary N) is 2. The Morgan fingerprint density at radius 2 is 2.00 bits per heavy atom. The smallest absolute Gasteiger partial charge is 0.224 e. The summed E-state index contributed by atoms with van der Waals surface area (Å²) in [5, 5.41) is 8.01. The number of rotatable bonds is 6. The Labute approximate surface area is 128 Å². The maximum atomic E-state index is 13.1. The molecule has 2 aromatic rings. The molecule has 0 aliphatic carbocycles. The van der Waals surface area contributed by atoms with Crippen molar-refractivity contribution in [1.82, 2.24) is 10.6 Å². The Morgan fingerprint density at radius 1 is 1.29 bits per heavy atom. The predicted octanol–water partition coefficient (Wildman–Crippen LogP) is 2.95. The van der Waals surface area contributed by atoms with Gasteiger partial charge in [0.15, 0.2) is 0 Å². The van der Waals surface area contributed by atoms with Crippen LogP contribution in [0.2, 0.25) is 0 Å². The number of hydrogen-bond donors (Lipinski definition) is 2. The van der Waals surface area contributed by atoms with Gasteiger partial charge in [0.1, 0.15) is 5.82 Å². The second-order valence-electron chi connectivity index (χ2n) is 4.97. The molecule has 0 saturated heterocycles. The summed E-state index contributed by atoms with van der Waals surface area (Å²) >= 11 is 1.57. The molecular formula is C16H19FN2OS. The van der Waals surface area contributed by atoms with Crippen molar-refractivity contribution >= 4 is 17.2 Å². The zero-order chi connectivity index (χ0) is 15.2. The lowest BCUT2D eigenvalue weighted by Gasteiger charge is -2.20. The Morgan fingerprint density at radius 3 is 2.57 bits per heavy atom. The largest absolute Gasteiger partial charge is 0.344 e. The minimum Gasteiger partial charge on any atom is -0.344 e. The van der Waals surface area contributed by atoms with Gasteiger partial charge in [-0.05, 0) is 36.2 Å². The van der Waals surface area contributed by atoms with E-state index in [0.29, 0.717) is 6.54 Å². The van der Waals surface area contributed by atoms with E-state index < -0.39 is 0 Å². The number of halogens is 1. The molecule has 0 bridgehead atoms. The summed E-state index contributed by atoms with van der Waals surface area (Å²) in [6.07, 6.45) is 0. The molecule has 0 spiro atoms. The number of amides is 1. The van der Waals surface area contributed by atoms with Gasteiger partial charge in [-0.3, -0.25) is 4.79 Å². The van der Waals surface area contributed by atoms with Crippen LogP contribution in [0.25, 0.3) is 0 Å². The molecule has 3 nitrogen and oxygen atoms in total. The quantitative estimate of drug-likeness (QED) is 0.861. The van der Waals surface area contributed by atoms with E-state index in [9.17, 15) is 9.18 Å². The van der Waals surface area contributed by atoms with Crippen LogP contribution in [0.1, 0.15) is 23.4 Å². The van der Waals surface area contributed by atoms with Crippen molar-refractivity contribution in [3.05, 3.63) is 58.0 Å². The molecule has 112 valence electrons. The molecule has 0 fully saturated rings. The highest BCUT2D eigenvalue weighted by atomic mass is 32.1. The van der Waals surface area contributed by atoms with Crippen molar-refractivity contribution in [3.8, 4) is 0 Å². The first kappa shape index (κ1) is 15.7. The van der Waals surface area contributed by atoms with Crippen LogP contribution in [0.3, 0.4) is 0 Å². The zero-order valence-corrected chi connectivity index (χ0v) is 12.9. The van der Waals surface area contributed by atoms with Gasteiger partial charge < -0.3 is 10.6 Å². The Balaban J connectivity index is 2.21. The van der Waals surface area contributed by atoms with Crippen LogP contribution in [0.15, 0.2) is 41.8 Å². The third-order valence-corrected chi connectivity index (χ3v) is 4.21. The van der Waals surface area contributed by atoms with E-state index in [0.717, 1.165) is 10.4 Å². The predicted molar refractivity (Wildman–Crippen MR) is 83.8 cm³/mol. The van der Waals surface area contributed by atoms with Gasteiger partial charge in [0.05, 0.1) is 6.04 Å². The van der Waals surface area contributed by atoms with E-state index in [1.165, 1.54) is 12.1 Å². The molecular weight excluding hydrogens is 287 g/mol. The second-order valence-corrected chi connectivity index (χ2v) is 5.95. The molecule has 5 heteroatoms. The molecule has 0 aliphatic rings. The van der Waals surface area contributed by atoms with Gasteiger partial charge in [-0.1, -0.05) is 25.1 Å². The third-order valence-electron chi connectivity index (χ3n) is 3.28. The summed E-state index contributed by atoms with van der Waals surface area (Å²) in [5.41, 5.74) is 0.879. The maximum absolute atomic E-state index is 13.1. The fourth-order valence-corrected chi connectivity index (χ4v) is 2.92. The summed E-state index contributed by atoms with van der Waals surface area (Å²) in [6.45, 7) is 2.49. The Kier molecular flexibility index (Phi) is 5.47. The minimum absolute atomic E-state index is 0.0212. The number of thiophene rings is 1. The Bertz CT molecular complexity index is 568. The average Bonchev–Trinajstić information content (AvgIpc) is 3.00. The first-order chi connectivity index (χ1) is 10.1. The minimum atomic E-state index is -0.279. The van der Waals surface area contributed by atoms with Crippen LogP contribution in [0.4, 0.5) is 4.39 Å². The van der Waals surface area contributed by atoms with E-state index in [4.69, 9.17) is 0 Å². The first-order valence-corrected chi connectivity index (χ1v) is 7.73. The molecule has 0 radical (unpaired) electrons. The molecule has 2 rings (SSSR count). The molecule has 21 heavy (non-hydrogen) atoms. The lowest BCUT2D eigenvalue weighted by Crippen LogP contribution is -2.36. The van der Waals surface area contributed by atoms with Crippen molar-refractivity contribution in [1.29, 1.82) is 0 Å². The van der Waals surface area contributed by atoms with Gasteiger partial charge in [-0.15, -0.1) is 11.3 Å². The third kappa shape index (κ3) is 4.12. The highest BCUT2D eigenvalue weighted by Gasteiger charge is 2.20. The van der Waals surface area contributed by atoms with Crippen molar-refractivity contribution in [2.24, 2.45) is 5.92 Å². The molecule has 0 saturated carbocycles. The van der Waals surface area contributed by atoms with Crippen molar-refractivity contribution in [3.63, 3.8) is 0 Å². The average molecular weight is 306 g/mol. The fourth-order valence-electron chi connectivity index (χ4n) is 2.11. The van der Waals surface area contributed by atoms with Gasteiger partial charge in [0.25, 0.3) is 0 Å². The Hall–Kier alpha value is -1.72. The number of hydrogen-bond acceptors (Lipinski definition) is 3. The molecule has 2 N–H and O–H groups in total. The second kappa shape index (κ2) is 7.33. The molecule has 2 atom stereocenters. The molecule has 1 aromatic heterocycles. The standard InChI is InChI=1S/C16H19FN2OS/c1-11(10-18-2)16(20)19-15(14-4-3-9-21-14)12-5-7-13(17)8-6-12/h3-9,11,15,18H,10H2,1-2H3,(H,19,20). The van der Waals surface area contributed by atoms with Crippen LogP contribution in [-0.2, 0) is 4.79 Å². The zero-order valence-electron chi connectivity index (χ0n) is 12.1. The van der Waals surface area contributed by atoms with Crippen LogP contribution < -0.4 is 10.6 Å². The highest BCUT2D eigenvalue weighted by Crippen LogP contribution is 2.26. The van der Waals surface area contributed by atoms with Crippen molar-refractivity contribution in [2.45, 2.75) is 13.0 Å². The molecule has 2 unspecified atom stereocenters. The van der Waals surface area contributed by atoms with Gasteiger partial charge in [-0.25, -0.2) is 4.39 Å². The number of carbonyl (C=O) groups excluding carboxylic acids is 1. The van der Waals surface area contributed by atoms with Crippen LogP contribution in [-0.4, -0.2) is 19.5 Å². The normalized spacial score (nSPS) is 13.7. The maximum Gasteiger partial charge on any atom is 0.224 e. The molecule has 1 heterocycles. The van der Waals surface area contributed by atoms with Crippen LogP contribution in [0.5, 0.6) is 0 Å². The van der Waals surface area contributed by atoms with Crippen LogP contribution >= 0.6 is 11.3 Å². The van der Waals surface area contributed by atoms with Gasteiger partial charge in [0, 0.05) is 17.3 Å². The molecule has 1 amide bonds.